The van der Waals surface area contributed by atoms with Gasteiger partial charge in [0.15, 0.2) is 0 Å². The van der Waals surface area contributed by atoms with Crippen molar-refractivity contribution in [1.82, 2.24) is 5.32 Å². The Morgan fingerprint density at radius 1 is 1.40 bits per heavy atom. The topological polar surface area (TPSA) is 75.6 Å². The molecule has 0 fully saturated rings. The zero-order valence-electron chi connectivity index (χ0n) is 9.87. The molecule has 0 aliphatic heterocycles. The number of nitrogens with one attached hydrogen (secondary N) is 1. The lowest BCUT2D eigenvalue weighted by Crippen LogP contribution is -1.97. The Balaban J connectivity index is -0.000000158. The highest BCUT2D eigenvalue weighted by molar-refractivity contribution is 5.81. The number of carboxylic acid groups (broad SMARTS) is 1. The molecule has 0 bridgehead atoms. The van der Waals surface area contributed by atoms with Gasteiger partial charge in [-0.3, -0.25) is 4.79 Å². The summed E-state index contributed by atoms with van der Waals surface area (Å²) in [5.41, 5.74) is 0. The number of ether oxygens (including phenoxy) is 1. The molecule has 0 heterocycles. The van der Waals surface area contributed by atoms with E-state index in [0.717, 1.165) is 6.08 Å². The number of aliphatic carboxylic acids is 1. The van der Waals surface area contributed by atoms with Crippen LogP contribution in [0.15, 0.2) is 12.7 Å². The second kappa shape index (κ2) is 18.4. The lowest BCUT2D eigenvalue weighted by atomic mass is 10.5. The molecule has 0 aliphatic rings. The molecule has 90 valence electrons. The van der Waals surface area contributed by atoms with E-state index < -0.39 is 5.97 Å². The van der Waals surface area contributed by atoms with Crippen LogP contribution in [0.4, 0.5) is 0 Å². The maximum absolute atomic E-state index is 10.1. The molecule has 0 spiro atoms. The molecule has 15 heavy (non-hydrogen) atoms. The van der Waals surface area contributed by atoms with Gasteiger partial charge in [-0.1, -0.05) is 13.5 Å². The Labute approximate surface area is 91.1 Å². The number of carbonyl (C=O) groups is 2. The average molecular weight is 219 g/mol. The van der Waals surface area contributed by atoms with E-state index in [0.29, 0.717) is 6.61 Å². The van der Waals surface area contributed by atoms with E-state index in [2.05, 4.69) is 16.6 Å². The van der Waals surface area contributed by atoms with Gasteiger partial charge in [0.2, 0.25) is 0 Å². The van der Waals surface area contributed by atoms with Gasteiger partial charge < -0.3 is 15.2 Å². The van der Waals surface area contributed by atoms with Crippen LogP contribution in [0, 0.1) is 0 Å². The van der Waals surface area contributed by atoms with Crippen molar-refractivity contribution in [3.63, 3.8) is 0 Å². The Kier molecular flexibility index (Phi) is 23.7. The van der Waals surface area contributed by atoms with Gasteiger partial charge >= 0.3 is 11.9 Å². The summed E-state index contributed by atoms with van der Waals surface area (Å²) in [6, 6.07) is 0. The highest BCUT2D eigenvalue weighted by atomic mass is 16.5. The summed E-state index contributed by atoms with van der Waals surface area (Å²) in [6.45, 7) is 6.98. The minimum atomic E-state index is -0.745. The van der Waals surface area contributed by atoms with Crippen molar-refractivity contribution in [3.8, 4) is 0 Å². The molecule has 0 saturated carbocycles. The first-order valence-electron chi connectivity index (χ1n) is 4.59. The van der Waals surface area contributed by atoms with E-state index in [1.807, 2.05) is 14.1 Å². The smallest absolute Gasteiger partial charge is 0.330 e. The highest BCUT2D eigenvalue weighted by Crippen LogP contribution is 1.74. The molecule has 0 saturated heterocycles. The van der Waals surface area contributed by atoms with Crippen LogP contribution in [0.5, 0.6) is 0 Å². The maximum Gasteiger partial charge on any atom is 0.330 e. The molecule has 0 aromatic carbocycles. The van der Waals surface area contributed by atoms with Gasteiger partial charge in [-0.05, 0) is 21.0 Å². The third kappa shape index (κ3) is 45.0. The lowest BCUT2D eigenvalue weighted by Gasteiger charge is -1.90. The Morgan fingerprint density at radius 3 is 1.80 bits per heavy atom. The summed E-state index contributed by atoms with van der Waals surface area (Å²) in [5, 5.41) is 10.5. The summed E-state index contributed by atoms with van der Waals surface area (Å²) in [5.74, 6) is -1.10. The molecule has 0 unspecified atom stereocenters. The van der Waals surface area contributed by atoms with E-state index in [4.69, 9.17) is 5.11 Å². The van der Waals surface area contributed by atoms with Gasteiger partial charge in [0.05, 0.1) is 6.61 Å². The van der Waals surface area contributed by atoms with Crippen LogP contribution in [0.1, 0.15) is 20.3 Å². The minimum absolute atomic E-state index is 0.222. The molecule has 0 atom stereocenters. The molecule has 0 aliphatic carbocycles. The summed E-state index contributed by atoms with van der Waals surface area (Å²) >= 11 is 0. The fourth-order valence-electron chi connectivity index (χ4n) is 0.201. The normalized spacial score (nSPS) is 7.20. The van der Waals surface area contributed by atoms with Crippen LogP contribution in [-0.4, -0.2) is 37.7 Å². The van der Waals surface area contributed by atoms with Crippen LogP contribution in [0.25, 0.3) is 0 Å². The van der Waals surface area contributed by atoms with Crippen molar-refractivity contribution in [2.45, 2.75) is 20.3 Å². The Bertz CT molecular complexity index is 169. The third-order valence-corrected chi connectivity index (χ3v) is 0.756. The molecule has 5 nitrogen and oxygen atoms in total. The van der Waals surface area contributed by atoms with E-state index in [1.165, 1.54) is 0 Å². The average Bonchev–Trinajstić information content (AvgIpc) is 2.20. The molecule has 5 heteroatoms. The van der Waals surface area contributed by atoms with Crippen LogP contribution in [0.2, 0.25) is 0 Å². The molecule has 2 N–H and O–H groups in total. The molecule has 0 aromatic rings. The van der Waals surface area contributed by atoms with Crippen LogP contribution in [0.3, 0.4) is 0 Å². The van der Waals surface area contributed by atoms with Gasteiger partial charge in [-0.15, -0.1) is 0 Å². The first-order chi connectivity index (χ1) is 6.99. The van der Waals surface area contributed by atoms with Crippen LogP contribution >= 0.6 is 0 Å². The van der Waals surface area contributed by atoms with Gasteiger partial charge in [-0.25, -0.2) is 4.79 Å². The molecular formula is C10H21NO4. The van der Waals surface area contributed by atoms with Crippen molar-refractivity contribution in [2.24, 2.45) is 0 Å². The number of hydrogen-bond acceptors (Lipinski definition) is 4. The van der Waals surface area contributed by atoms with Gasteiger partial charge in [0.25, 0.3) is 0 Å². The number of carbonyl (C=O) groups excluding carboxylic acids is 1. The SMILES string of the molecule is C=CC(=O)OCC.CCC(=O)O.CNC. The number of esters is 1. The summed E-state index contributed by atoms with van der Waals surface area (Å²) < 4.78 is 4.43. The van der Waals surface area contributed by atoms with Gasteiger partial charge in [0.1, 0.15) is 0 Å². The van der Waals surface area contributed by atoms with Gasteiger partial charge in [0, 0.05) is 12.5 Å². The van der Waals surface area contributed by atoms with Crippen LogP contribution < -0.4 is 5.32 Å². The first-order valence-corrected chi connectivity index (χ1v) is 4.59. The van der Waals surface area contributed by atoms with Crippen molar-refractivity contribution in [1.29, 1.82) is 0 Å². The van der Waals surface area contributed by atoms with Crippen molar-refractivity contribution in [2.75, 3.05) is 20.7 Å². The summed E-state index contributed by atoms with van der Waals surface area (Å²) in [4.78, 5) is 19.4. The fraction of sp³-hybridized carbons (Fsp3) is 0.600. The predicted octanol–water partition coefficient (Wildman–Crippen LogP) is 1.05. The largest absolute Gasteiger partial charge is 0.481 e. The third-order valence-electron chi connectivity index (χ3n) is 0.756. The Hall–Kier alpha value is -1.36. The summed E-state index contributed by atoms with van der Waals surface area (Å²) in [6.07, 6.45) is 1.36. The highest BCUT2D eigenvalue weighted by Gasteiger charge is 1.86. The molecule has 0 rings (SSSR count). The van der Waals surface area contributed by atoms with Crippen molar-refractivity contribution >= 4 is 11.9 Å². The number of hydrogen-bond donors (Lipinski definition) is 2. The van der Waals surface area contributed by atoms with Crippen molar-refractivity contribution < 1.29 is 19.4 Å². The minimum Gasteiger partial charge on any atom is -0.481 e. The standard InChI is InChI=1S/C5H8O2.C3H6O2.C2H7N/c1-3-5(6)7-4-2;1-2-3(4)5;1-3-2/h3H,1,4H2,2H3;2H2,1H3,(H,4,5);3H,1-2H3. The molecule has 0 aromatic heterocycles. The number of carboxylic acids is 1. The zero-order valence-corrected chi connectivity index (χ0v) is 9.87. The zero-order chi connectivity index (χ0) is 12.7. The molecule has 0 radical (unpaired) electrons. The van der Waals surface area contributed by atoms with Crippen molar-refractivity contribution in [3.05, 3.63) is 12.7 Å². The quantitative estimate of drug-likeness (QED) is 0.548. The van der Waals surface area contributed by atoms with Crippen LogP contribution in [-0.2, 0) is 14.3 Å². The molecule has 0 amide bonds. The fourth-order valence-corrected chi connectivity index (χ4v) is 0.201. The maximum atomic E-state index is 10.1. The second-order valence-corrected chi connectivity index (χ2v) is 2.20. The second-order valence-electron chi connectivity index (χ2n) is 2.20. The molecular weight excluding hydrogens is 198 g/mol. The predicted molar refractivity (Wildman–Crippen MR) is 59.7 cm³/mol. The van der Waals surface area contributed by atoms with E-state index in [-0.39, 0.29) is 12.4 Å². The van der Waals surface area contributed by atoms with E-state index in [9.17, 15) is 9.59 Å². The van der Waals surface area contributed by atoms with E-state index >= 15 is 0 Å². The van der Waals surface area contributed by atoms with E-state index in [1.54, 1.807) is 13.8 Å². The van der Waals surface area contributed by atoms with Gasteiger partial charge in [-0.2, -0.15) is 0 Å². The lowest BCUT2D eigenvalue weighted by molar-refractivity contribution is -0.137. The monoisotopic (exact) mass is 219 g/mol. The Morgan fingerprint density at radius 2 is 1.73 bits per heavy atom. The summed E-state index contributed by atoms with van der Waals surface area (Å²) in [7, 11) is 3.75. The number of rotatable bonds is 3. The first kappa shape index (κ1) is 19.2.